The van der Waals surface area contributed by atoms with Crippen molar-refractivity contribution < 1.29 is 9.59 Å². The third kappa shape index (κ3) is 5.06. The molecule has 1 aromatic heterocycles. The SMILES string of the molecule is CN1C[C@@H](CN(C)C(=O)Nc2ccccc2CCc2ccccn2)CC1=O. The molecule has 3 amide bonds. The number of likely N-dealkylation sites (tertiary alicyclic amines) is 1. The van der Waals surface area contributed by atoms with Gasteiger partial charge in [0.05, 0.1) is 0 Å². The monoisotopic (exact) mass is 366 g/mol. The van der Waals surface area contributed by atoms with Crippen LogP contribution in [0.15, 0.2) is 48.7 Å². The number of pyridine rings is 1. The van der Waals surface area contributed by atoms with Crippen LogP contribution in [0, 0.1) is 5.92 Å². The van der Waals surface area contributed by atoms with Crippen LogP contribution < -0.4 is 5.32 Å². The number of nitrogens with zero attached hydrogens (tertiary/aromatic N) is 3. The summed E-state index contributed by atoms with van der Waals surface area (Å²) in [6.45, 7) is 1.27. The molecule has 0 unspecified atom stereocenters. The van der Waals surface area contributed by atoms with Gasteiger partial charge in [-0.3, -0.25) is 9.78 Å². The van der Waals surface area contributed by atoms with Gasteiger partial charge < -0.3 is 15.1 Å². The number of aryl methyl sites for hydroxylation is 2. The van der Waals surface area contributed by atoms with E-state index >= 15 is 0 Å². The summed E-state index contributed by atoms with van der Waals surface area (Å²) in [7, 11) is 3.58. The summed E-state index contributed by atoms with van der Waals surface area (Å²) in [5.41, 5.74) is 2.94. The second kappa shape index (κ2) is 8.66. The minimum atomic E-state index is -0.151. The Hall–Kier alpha value is -2.89. The Morgan fingerprint density at radius 3 is 2.70 bits per heavy atom. The molecular weight excluding hydrogens is 340 g/mol. The van der Waals surface area contributed by atoms with E-state index in [1.807, 2.05) is 42.5 Å². The molecule has 0 bridgehead atoms. The summed E-state index contributed by atoms with van der Waals surface area (Å²) >= 11 is 0. The number of anilines is 1. The first kappa shape index (κ1) is 18.9. The third-order valence-electron chi connectivity index (χ3n) is 4.94. The van der Waals surface area contributed by atoms with Crippen LogP contribution >= 0.6 is 0 Å². The number of para-hydroxylation sites is 1. The standard InChI is InChI=1S/C21H26N4O2/c1-24-14-16(13-20(24)26)15-25(2)21(27)23-19-9-4-3-7-17(19)10-11-18-8-5-6-12-22-18/h3-9,12,16H,10-11,13-15H2,1-2H3,(H,23,27)/t16-/m0/s1. The molecule has 6 nitrogen and oxygen atoms in total. The van der Waals surface area contributed by atoms with Crippen molar-refractivity contribution in [1.82, 2.24) is 14.8 Å². The van der Waals surface area contributed by atoms with Crippen LogP contribution in [0.3, 0.4) is 0 Å². The molecule has 0 spiro atoms. The quantitative estimate of drug-likeness (QED) is 0.855. The number of hydrogen-bond acceptors (Lipinski definition) is 3. The van der Waals surface area contributed by atoms with Gasteiger partial charge in [0, 0.05) is 57.1 Å². The van der Waals surface area contributed by atoms with Crippen molar-refractivity contribution in [3.63, 3.8) is 0 Å². The number of carbonyl (C=O) groups excluding carboxylic acids is 2. The van der Waals surface area contributed by atoms with Crippen LogP contribution in [0.5, 0.6) is 0 Å². The van der Waals surface area contributed by atoms with Crippen LogP contribution in [0.4, 0.5) is 10.5 Å². The Kier molecular flexibility index (Phi) is 6.06. The Morgan fingerprint density at radius 2 is 2.00 bits per heavy atom. The molecule has 1 saturated heterocycles. The molecule has 3 rings (SSSR count). The maximum Gasteiger partial charge on any atom is 0.321 e. The molecule has 6 heteroatoms. The van der Waals surface area contributed by atoms with E-state index in [9.17, 15) is 9.59 Å². The van der Waals surface area contributed by atoms with Crippen LogP contribution in [0.1, 0.15) is 17.7 Å². The zero-order chi connectivity index (χ0) is 19.2. The lowest BCUT2D eigenvalue weighted by molar-refractivity contribution is -0.126. The third-order valence-corrected chi connectivity index (χ3v) is 4.94. The van der Waals surface area contributed by atoms with Crippen molar-refractivity contribution in [2.45, 2.75) is 19.3 Å². The second-order valence-electron chi connectivity index (χ2n) is 7.13. The van der Waals surface area contributed by atoms with Crippen LogP contribution in [0.2, 0.25) is 0 Å². The fourth-order valence-corrected chi connectivity index (χ4v) is 3.43. The van der Waals surface area contributed by atoms with Crippen LogP contribution in [0.25, 0.3) is 0 Å². The molecule has 142 valence electrons. The Morgan fingerprint density at radius 1 is 1.22 bits per heavy atom. The topological polar surface area (TPSA) is 65.5 Å². The van der Waals surface area contributed by atoms with Crippen molar-refractivity contribution in [3.05, 3.63) is 59.9 Å². The maximum atomic E-state index is 12.6. The van der Waals surface area contributed by atoms with E-state index in [2.05, 4.69) is 10.3 Å². The average Bonchev–Trinajstić information content (AvgIpc) is 2.99. The van der Waals surface area contributed by atoms with Gasteiger partial charge in [-0.15, -0.1) is 0 Å². The van der Waals surface area contributed by atoms with Gasteiger partial charge in [-0.1, -0.05) is 24.3 Å². The van der Waals surface area contributed by atoms with Gasteiger partial charge in [0.2, 0.25) is 5.91 Å². The number of hydrogen-bond donors (Lipinski definition) is 1. The molecule has 1 aromatic carbocycles. The molecule has 0 radical (unpaired) electrons. The lowest BCUT2D eigenvalue weighted by Gasteiger charge is -2.22. The van der Waals surface area contributed by atoms with Gasteiger partial charge in [0.1, 0.15) is 0 Å². The van der Waals surface area contributed by atoms with Gasteiger partial charge in [-0.05, 0) is 36.6 Å². The summed E-state index contributed by atoms with van der Waals surface area (Å²) in [5, 5.41) is 3.01. The van der Waals surface area contributed by atoms with Crippen molar-refractivity contribution in [2.75, 3.05) is 32.5 Å². The number of benzene rings is 1. The fraction of sp³-hybridized carbons (Fsp3) is 0.381. The molecule has 1 N–H and O–H groups in total. The minimum absolute atomic E-state index is 0.147. The summed E-state index contributed by atoms with van der Waals surface area (Å²) in [4.78, 5) is 32.0. The molecule has 27 heavy (non-hydrogen) atoms. The van der Waals surface area contributed by atoms with Gasteiger partial charge >= 0.3 is 6.03 Å². The highest BCUT2D eigenvalue weighted by Crippen LogP contribution is 2.20. The first-order chi connectivity index (χ1) is 13.0. The molecule has 2 aromatic rings. The van der Waals surface area contributed by atoms with Gasteiger partial charge in [-0.25, -0.2) is 4.79 Å². The number of urea groups is 1. The van der Waals surface area contributed by atoms with E-state index in [-0.39, 0.29) is 17.9 Å². The number of nitrogens with one attached hydrogen (secondary N) is 1. The van der Waals surface area contributed by atoms with E-state index in [4.69, 9.17) is 0 Å². The number of carbonyl (C=O) groups is 2. The molecule has 2 heterocycles. The van der Waals surface area contributed by atoms with Crippen molar-refractivity contribution in [3.8, 4) is 0 Å². The Bertz CT molecular complexity index is 794. The second-order valence-corrected chi connectivity index (χ2v) is 7.13. The lowest BCUT2D eigenvalue weighted by atomic mass is 10.1. The molecular formula is C21H26N4O2. The smallest absolute Gasteiger partial charge is 0.321 e. The number of rotatable bonds is 6. The molecule has 1 aliphatic heterocycles. The highest BCUT2D eigenvalue weighted by atomic mass is 16.2. The van der Waals surface area contributed by atoms with Crippen LogP contribution in [-0.2, 0) is 17.6 Å². The summed E-state index contributed by atoms with van der Waals surface area (Å²) < 4.78 is 0. The van der Waals surface area contributed by atoms with E-state index in [0.29, 0.717) is 19.5 Å². The largest absolute Gasteiger partial charge is 0.345 e. The van der Waals surface area contributed by atoms with E-state index in [1.165, 1.54) is 0 Å². The summed E-state index contributed by atoms with van der Waals surface area (Å²) in [5.74, 6) is 0.339. The number of aromatic nitrogens is 1. The zero-order valence-corrected chi connectivity index (χ0v) is 15.9. The minimum Gasteiger partial charge on any atom is -0.345 e. The number of amides is 3. The molecule has 1 atom stereocenters. The van der Waals surface area contributed by atoms with E-state index < -0.39 is 0 Å². The average molecular weight is 366 g/mol. The van der Waals surface area contributed by atoms with Gasteiger partial charge in [-0.2, -0.15) is 0 Å². The van der Waals surface area contributed by atoms with Crippen molar-refractivity contribution in [2.24, 2.45) is 5.92 Å². The summed E-state index contributed by atoms with van der Waals surface area (Å²) in [6.07, 6.45) is 3.93. The first-order valence-electron chi connectivity index (χ1n) is 9.27. The lowest BCUT2D eigenvalue weighted by Crippen LogP contribution is -2.36. The van der Waals surface area contributed by atoms with Crippen LogP contribution in [-0.4, -0.2) is 53.9 Å². The van der Waals surface area contributed by atoms with Crippen molar-refractivity contribution in [1.29, 1.82) is 0 Å². The zero-order valence-electron chi connectivity index (χ0n) is 15.9. The highest BCUT2D eigenvalue weighted by molar-refractivity contribution is 5.90. The molecule has 1 aliphatic rings. The van der Waals surface area contributed by atoms with Gasteiger partial charge in [0.25, 0.3) is 0 Å². The normalized spacial score (nSPS) is 16.4. The Balaban J connectivity index is 1.58. The first-order valence-corrected chi connectivity index (χ1v) is 9.27. The molecule has 1 fully saturated rings. The predicted octanol–water partition coefficient (Wildman–Crippen LogP) is 2.81. The molecule has 0 aliphatic carbocycles. The Labute approximate surface area is 160 Å². The highest BCUT2D eigenvalue weighted by Gasteiger charge is 2.28. The fourth-order valence-electron chi connectivity index (χ4n) is 3.43. The van der Waals surface area contributed by atoms with Gasteiger partial charge in [0.15, 0.2) is 0 Å². The predicted molar refractivity (Wildman–Crippen MR) is 105 cm³/mol. The van der Waals surface area contributed by atoms with Crippen molar-refractivity contribution >= 4 is 17.6 Å². The van der Waals surface area contributed by atoms with E-state index in [0.717, 1.165) is 29.8 Å². The maximum absolute atomic E-state index is 12.6. The summed E-state index contributed by atoms with van der Waals surface area (Å²) in [6, 6.07) is 13.6. The van der Waals surface area contributed by atoms with E-state index in [1.54, 1.807) is 30.1 Å². The molecule has 0 saturated carbocycles.